The third-order valence-electron chi connectivity index (χ3n) is 7.65. The minimum atomic E-state index is -5.31. The maximum Gasteiger partial charge on any atom is 0.424 e. The number of benzene rings is 2. The van der Waals surface area contributed by atoms with E-state index in [-0.39, 0.29) is 34.6 Å². The smallest absolute Gasteiger partial charge is 0.424 e. The van der Waals surface area contributed by atoms with Crippen LogP contribution in [0.15, 0.2) is 60.8 Å². The molecule has 1 fully saturated rings. The van der Waals surface area contributed by atoms with Crippen LogP contribution in [0.5, 0.6) is 5.75 Å². The van der Waals surface area contributed by atoms with Crippen molar-refractivity contribution < 1.29 is 37.0 Å². The van der Waals surface area contributed by atoms with Gasteiger partial charge in [0.15, 0.2) is 5.75 Å². The molecule has 2 aliphatic rings. The molecule has 1 unspecified atom stereocenters. The second-order valence-electron chi connectivity index (χ2n) is 10.3. The maximum atomic E-state index is 14.6. The fourth-order valence-electron chi connectivity index (χ4n) is 5.22. The quantitative estimate of drug-likeness (QED) is 0.305. The maximum absolute atomic E-state index is 14.6. The molecule has 0 spiro atoms. The van der Waals surface area contributed by atoms with Crippen molar-refractivity contribution >= 4 is 22.7 Å². The minimum Gasteiger partial charge on any atom is -0.486 e. The van der Waals surface area contributed by atoms with E-state index in [1.807, 2.05) is 6.92 Å². The van der Waals surface area contributed by atoms with Crippen molar-refractivity contribution in [3.05, 3.63) is 89.0 Å². The highest BCUT2D eigenvalue weighted by atomic mass is 19.4. The molecule has 1 saturated carbocycles. The van der Waals surface area contributed by atoms with Gasteiger partial charge in [-0.25, -0.2) is 9.37 Å². The van der Waals surface area contributed by atoms with Crippen molar-refractivity contribution in [1.82, 2.24) is 15.3 Å². The van der Waals surface area contributed by atoms with Gasteiger partial charge >= 0.3 is 6.18 Å². The molecule has 0 bridgehead atoms. The lowest BCUT2D eigenvalue weighted by molar-refractivity contribution is -0.265. The summed E-state index contributed by atoms with van der Waals surface area (Å²) in [5, 5.41) is 13.9. The molecule has 4 aromatic rings. The molecule has 210 valence electrons. The number of nitrogens with zero attached hydrogens (tertiary/aromatic N) is 2. The number of hydrogen-bond donors (Lipinski definition) is 3. The van der Waals surface area contributed by atoms with Gasteiger partial charge in [0, 0.05) is 34.7 Å². The summed E-state index contributed by atoms with van der Waals surface area (Å²) < 4.78 is 63.2. The molecule has 0 saturated heterocycles. The van der Waals surface area contributed by atoms with Crippen LogP contribution < -0.4 is 15.8 Å². The fourth-order valence-corrected chi connectivity index (χ4v) is 5.22. The molecular weight excluding hydrogens is 544 g/mol. The number of ether oxygens (including phenoxy) is 1. The van der Waals surface area contributed by atoms with E-state index in [0.717, 1.165) is 23.8 Å². The molecule has 0 radical (unpaired) electrons. The van der Waals surface area contributed by atoms with Crippen molar-refractivity contribution in [2.75, 3.05) is 6.54 Å². The molecule has 12 heteroatoms. The number of alkyl halides is 3. The van der Waals surface area contributed by atoms with Gasteiger partial charge in [-0.2, -0.15) is 13.2 Å². The molecule has 6 rings (SSSR count). The highest BCUT2D eigenvalue weighted by molar-refractivity contribution is 5.98. The number of pyridine rings is 2. The van der Waals surface area contributed by atoms with E-state index in [4.69, 9.17) is 10.5 Å². The third kappa shape index (κ3) is 4.17. The predicted octanol–water partition coefficient (Wildman–Crippen LogP) is 3.81. The monoisotopic (exact) mass is 566 g/mol. The van der Waals surface area contributed by atoms with Gasteiger partial charge < -0.3 is 20.9 Å². The van der Waals surface area contributed by atoms with Crippen LogP contribution in [0.2, 0.25) is 0 Å². The number of aromatic nitrogens is 2. The highest BCUT2D eigenvalue weighted by Crippen LogP contribution is 2.61. The van der Waals surface area contributed by atoms with Gasteiger partial charge in [0.05, 0.1) is 17.8 Å². The average molecular weight is 567 g/mol. The summed E-state index contributed by atoms with van der Waals surface area (Å²) in [4.78, 5) is 33.7. The molecule has 4 N–H and O–H groups in total. The Kier molecular flexibility index (Phi) is 5.82. The SMILES string of the molecule is Cc1cnc2ccc(C(=O)NC[C@](O)(c3cc4c(c(-c5ccc(F)cc5)n3)OC3C[C@@]43C(N)=O)C(F)(F)F)cc2c1. The van der Waals surface area contributed by atoms with Crippen LogP contribution in [0.4, 0.5) is 17.6 Å². The number of halogens is 4. The van der Waals surface area contributed by atoms with Gasteiger partial charge in [0.2, 0.25) is 11.5 Å². The van der Waals surface area contributed by atoms with Crippen LogP contribution in [0.25, 0.3) is 22.2 Å². The Morgan fingerprint density at radius 1 is 1.15 bits per heavy atom. The van der Waals surface area contributed by atoms with Crippen LogP contribution in [0.1, 0.15) is 33.6 Å². The number of fused-ring (bicyclic) bond motifs is 4. The number of nitrogens with one attached hydrogen (secondary N) is 1. The number of carbonyl (C=O) groups is 2. The molecule has 3 atom stereocenters. The lowest BCUT2D eigenvalue weighted by Gasteiger charge is -2.31. The summed E-state index contributed by atoms with van der Waals surface area (Å²) in [6.45, 7) is 0.519. The summed E-state index contributed by atoms with van der Waals surface area (Å²) in [5.41, 5.74) is 1.29. The van der Waals surface area contributed by atoms with Crippen LogP contribution in [0, 0.1) is 12.7 Å². The van der Waals surface area contributed by atoms with Crippen molar-refractivity contribution in [1.29, 1.82) is 0 Å². The zero-order valence-corrected chi connectivity index (χ0v) is 21.4. The van der Waals surface area contributed by atoms with E-state index in [9.17, 15) is 32.3 Å². The topological polar surface area (TPSA) is 127 Å². The van der Waals surface area contributed by atoms with E-state index >= 15 is 0 Å². The first-order valence-electron chi connectivity index (χ1n) is 12.6. The van der Waals surface area contributed by atoms with Gasteiger partial charge in [-0.3, -0.25) is 14.6 Å². The van der Waals surface area contributed by atoms with Crippen LogP contribution >= 0.6 is 0 Å². The van der Waals surface area contributed by atoms with Crippen molar-refractivity contribution in [2.45, 2.75) is 36.6 Å². The Bertz CT molecular complexity index is 1740. The van der Waals surface area contributed by atoms with Crippen molar-refractivity contribution in [2.24, 2.45) is 5.73 Å². The Balaban J connectivity index is 1.41. The molecular formula is C29H22F4N4O4. The summed E-state index contributed by atoms with van der Waals surface area (Å²) >= 11 is 0. The van der Waals surface area contributed by atoms with Gasteiger partial charge in [-0.1, -0.05) is 0 Å². The summed E-state index contributed by atoms with van der Waals surface area (Å²) in [6, 6.07) is 11.9. The van der Waals surface area contributed by atoms with E-state index in [1.54, 1.807) is 18.3 Å². The van der Waals surface area contributed by atoms with Crippen LogP contribution in [-0.2, 0) is 15.8 Å². The number of hydrogen-bond acceptors (Lipinski definition) is 6. The fraction of sp³-hybridized carbons (Fsp3) is 0.241. The van der Waals surface area contributed by atoms with E-state index in [2.05, 4.69) is 15.3 Å². The molecule has 2 aromatic heterocycles. The lowest BCUT2D eigenvalue weighted by Crippen LogP contribution is -2.51. The zero-order chi connectivity index (χ0) is 29.3. The number of rotatable bonds is 6. The number of nitrogens with two attached hydrogens (primary N) is 1. The van der Waals surface area contributed by atoms with E-state index in [1.165, 1.54) is 24.3 Å². The van der Waals surface area contributed by atoms with Gasteiger partial charge in [0.25, 0.3) is 5.91 Å². The van der Waals surface area contributed by atoms with Gasteiger partial charge in [0.1, 0.15) is 23.0 Å². The first kappa shape index (κ1) is 26.6. The highest BCUT2D eigenvalue weighted by Gasteiger charge is 2.69. The Labute approximate surface area is 230 Å². The molecule has 41 heavy (non-hydrogen) atoms. The normalized spacial score (nSPS) is 20.5. The largest absolute Gasteiger partial charge is 0.486 e. The predicted molar refractivity (Wildman–Crippen MR) is 138 cm³/mol. The van der Waals surface area contributed by atoms with Gasteiger partial charge in [-0.05, 0) is 67.1 Å². The van der Waals surface area contributed by atoms with E-state index in [0.29, 0.717) is 10.9 Å². The standard InChI is InChI=1S/C29H22F4N4O4/c1-14-8-17-9-16(4-7-20(17)35-12-14)25(38)36-13-28(40,29(31,32)33)21-10-19-24(41-22-11-27(19,22)26(34)39)23(37-21)15-2-5-18(30)6-3-15/h2-10,12,22,40H,11,13H2,1H3,(H2,34,39)(H,36,38)/t22?,27-,28+/m1/s1. The number of aliphatic hydroxyl groups is 1. The Morgan fingerprint density at radius 2 is 1.88 bits per heavy atom. The van der Waals surface area contributed by atoms with Crippen LogP contribution in [0.3, 0.4) is 0 Å². The first-order chi connectivity index (χ1) is 19.3. The number of amides is 2. The van der Waals surface area contributed by atoms with Crippen molar-refractivity contribution in [3.63, 3.8) is 0 Å². The summed E-state index contributed by atoms with van der Waals surface area (Å²) in [7, 11) is 0. The van der Waals surface area contributed by atoms with Crippen molar-refractivity contribution in [3.8, 4) is 17.0 Å². The van der Waals surface area contributed by atoms with Gasteiger partial charge in [-0.15, -0.1) is 0 Å². The number of aryl methyl sites for hydroxylation is 1. The second-order valence-corrected chi connectivity index (χ2v) is 10.3. The molecule has 2 amide bonds. The average Bonchev–Trinajstić information content (AvgIpc) is 3.57. The van der Waals surface area contributed by atoms with E-state index < -0.39 is 53.2 Å². The molecule has 1 aliphatic carbocycles. The third-order valence-corrected chi connectivity index (χ3v) is 7.65. The number of primary amides is 1. The Hall–Kier alpha value is -4.58. The number of carbonyl (C=O) groups excluding carboxylic acids is 2. The van der Waals surface area contributed by atoms with Crippen LogP contribution in [-0.4, -0.2) is 45.7 Å². The Morgan fingerprint density at radius 3 is 2.56 bits per heavy atom. The molecule has 1 aliphatic heterocycles. The summed E-state index contributed by atoms with van der Waals surface area (Å²) in [5.74, 6) is -2.22. The zero-order valence-electron chi connectivity index (χ0n) is 21.4. The molecule has 2 aromatic carbocycles. The second kappa shape index (κ2) is 8.96. The summed E-state index contributed by atoms with van der Waals surface area (Å²) in [6.07, 6.45) is -4.21. The molecule has 3 heterocycles. The lowest BCUT2D eigenvalue weighted by atomic mass is 9.89. The first-order valence-corrected chi connectivity index (χ1v) is 12.6. The molecule has 8 nitrogen and oxygen atoms in total. The minimum absolute atomic E-state index is 0.0315.